The number of carbonyl (C=O) groups is 1. The molecule has 37 heavy (non-hydrogen) atoms. The van der Waals surface area contributed by atoms with Gasteiger partial charge in [0.25, 0.3) is 5.56 Å². The number of hydrogen-bond acceptors (Lipinski definition) is 7. The van der Waals surface area contributed by atoms with E-state index in [1.165, 1.54) is 18.2 Å². The average Bonchev–Trinajstić information content (AvgIpc) is 3.17. The number of halogens is 3. The zero-order chi connectivity index (χ0) is 26.6. The van der Waals surface area contributed by atoms with Crippen LogP contribution in [0.2, 0.25) is 10.2 Å². The molecule has 1 aliphatic rings. The van der Waals surface area contributed by atoms with Crippen molar-refractivity contribution < 1.29 is 14.3 Å². The van der Waals surface area contributed by atoms with E-state index in [4.69, 9.17) is 28.2 Å². The van der Waals surface area contributed by atoms with E-state index in [0.717, 1.165) is 27.4 Å². The third kappa shape index (κ3) is 4.36. The van der Waals surface area contributed by atoms with E-state index in [9.17, 15) is 19.1 Å². The molecule has 0 spiro atoms. The fourth-order valence-corrected chi connectivity index (χ4v) is 4.99. The van der Waals surface area contributed by atoms with Crippen molar-refractivity contribution in [2.24, 2.45) is 0 Å². The number of aryl methyl sites for hydroxylation is 1. The van der Waals surface area contributed by atoms with Crippen LogP contribution in [-0.4, -0.2) is 30.4 Å². The van der Waals surface area contributed by atoms with Crippen LogP contribution >= 0.6 is 23.2 Å². The molecule has 5 rings (SSSR count). The van der Waals surface area contributed by atoms with Crippen LogP contribution in [-0.2, 0) is 6.54 Å². The van der Waals surface area contributed by atoms with Crippen LogP contribution in [0.5, 0.6) is 0 Å². The van der Waals surface area contributed by atoms with Crippen molar-refractivity contribution >= 4 is 46.3 Å². The number of hydrogen-bond donors (Lipinski definition) is 2. The van der Waals surface area contributed by atoms with Crippen molar-refractivity contribution in [1.82, 2.24) is 19.4 Å². The minimum Gasteiger partial charge on any atom is -0.476 e. The van der Waals surface area contributed by atoms with Crippen molar-refractivity contribution in [3.8, 4) is 0 Å². The van der Waals surface area contributed by atoms with Crippen molar-refractivity contribution in [1.29, 1.82) is 0 Å². The van der Waals surface area contributed by atoms with Crippen molar-refractivity contribution in [3.63, 3.8) is 0 Å². The predicted octanol–water partition coefficient (Wildman–Crippen LogP) is 5.19. The number of anilines is 2. The van der Waals surface area contributed by atoms with Crippen molar-refractivity contribution in [2.45, 2.75) is 39.4 Å². The molecule has 0 saturated carbocycles. The molecule has 0 amide bonds. The topological polar surface area (TPSA) is 113 Å². The molecular weight excluding hydrogens is 522 g/mol. The fourth-order valence-electron chi connectivity index (χ4n) is 4.60. The number of nitrogens with one attached hydrogen (secondary N) is 1. The van der Waals surface area contributed by atoms with E-state index < -0.39 is 23.4 Å². The molecule has 0 saturated heterocycles. The first kappa shape index (κ1) is 24.9. The second kappa shape index (κ2) is 9.28. The van der Waals surface area contributed by atoms with Crippen LogP contribution in [0.4, 0.5) is 15.9 Å². The summed E-state index contributed by atoms with van der Waals surface area (Å²) in [5.41, 5.74) is 2.65. The summed E-state index contributed by atoms with van der Waals surface area (Å²) in [5, 5.41) is 12.4. The molecule has 9 nitrogen and oxygen atoms in total. The predicted molar refractivity (Wildman–Crippen MR) is 138 cm³/mol. The van der Waals surface area contributed by atoms with Gasteiger partial charge in [-0.1, -0.05) is 29.3 Å². The van der Waals surface area contributed by atoms with Crippen LogP contribution in [0.15, 0.2) is 41.5 Å². The van der Waals surface area contributed by atoms with Gasteiger partial charge in [-0.25, -0.2) is 19.2 Å². The number of nitrogens with zero attached hydrogens (tertiary/aromatic N) is 5. The molecule has 0 unspecified atom stereocenters. The molecule has 4 aromatic rings. The number of pyridine rings is 3. The van der Waals surface area contributed by atoms with E-state index in [2.05, 4.69) is 15.3 Å². The maximum Gasteiger partial charge on any atom is 0.356 e. The van der Waals surface area contributed by atoms with Crippen LogP contribution < -0.4 is 15.8 Å². The smallest absolute Gasteiger partial charge is 0.356 e. The Morgan fingerprint density at radius 2 is 2.03 bits per heavy atom. The van der Waals surface area contributed by atoms with Gasteiger partial charge in [0.15, 0.2) is 11.5 Å². The highest BCUT2D eigenvalue weighted by atomic mass is 35.5. The molecule has 190 valence electrons. The lowest BCUT2D eigenvalue weighted by Gasteiger charge is -2.25. The molecule has 0 fully saturated rings. The van der Waals surface area contributed by atoms with Gasteiger partial charge in [-0.05, 0) is 50.1 Å². The quantitative estimate of drug-likeness (QED) is 0.331. The first-order chi connectivity index (χ1) is 17.5. The van der Waals surface area contributed by atoms with Gasteiger partial charge < -0.3 is 15.3 Å². The lowest BCUT2D eigenvalue weighted by Crippen LogP contribution is -2.27. The zero-order valence-corrected chi connectivity index (χ0v) is 21.5. The van der Waals surface area contributed by atoms with Crippen molar-refractivity contribution in [2.75, 3.05) is 10.2 Å². The Labute approximate surface area is 220 Å². The van der Waals surface area contributed by atoms with Gasteiger partial charge in [0.2, 0.25) is 0 Å². The van der Waals surface area contributed by atoms with E-state index in [-0.39, 0.29) is 39.1 Å². The second-order valence-electron chi connectivity index (χ2n) is 8.92. The summed E-state index contributed by atoms with van der Waals surface area (Å²) in [6, 6.07) is 5.32. The van der Waals surface area contributed by atoms with Gasteiger partial charge in [0.05, 0.1) is 23.5 Å². The van der Waals surface area contributed by atoms with E-state index in [0.29, 0.717) is 12.1 Å². The third-order valence-electron chi connectivity index (χ3n) is 6.36. The summed E-state index contributed by atoms with van der Waals surface area (Å²) in [6.07, 6.45) is 2.81. The summed E-state index contributed by atoms with van der Waals surface area (Å²) < 4.78 is 15.7. The van der Waals surface area contributed by atoms with Crippen LogP contribution in [0, 0.1) is 12.7 Å². The minimum atomic E-state index is -1.28. The molecule has 0 aliphatic carbocycles. The van der Waals surface area contributed by atoms with Crippen LogP contribution in [0.25, 0.3) is 5.65 Å². The maximum atomic E-state index is 14.6. The Kier molecular flexibility index (Phi) is 6.25. The molecule has 12 heteroatoms. The minimum absolute atomic E-state index is 0.0183. The van der Waals surface area contributed by atoms with Gasteiger partial charge in [-0.2, -0.15) is 0 Å². The van der Waals surface area contributed by atoms with Crippen molar-refractivity contribution in [3.05, 3.63) is 91.1 Å². The Morgan fingerprint density at radius 3 is 2.76 bits per heavy atom. The van der Waals surface area contributed by atoms with Gasteiger partial charge in [0, 0.05) is 24.5 Å². The molecule has 0 bridgehead atoms. The third-order valence-corrected chi connectivity index (χ3v) is 6.90. The molecular formula is C25H21Cl2FN6O3. The van der Waals surface area contributed by atoms with E-state index in [1.54, 1.807) is 13.1 Å². The number of fused-ring (bicyclic) bond motifs is 2. The highest BCUT2D eigenvalue weighted by Gasteiger charge is 2.32. The van der Waals surface area contributed by atoms with Gasteiger partial charge >= 0.3 is 5.97 Å². The maximum absolute atomic E-state index is 14.6. The lowest BCUT2D eigenvalue weighted by atomic mass is 10.1. The van der Waals surface area contributed by atoms with Gasteiger partial charge in [-0.3, -0.25) is 14.2 Å². The number of rotatable bonds is 5. The molecule has 4 aromatic heterocycles. The second-order valence-corrected chi connectivity index (χ2v) is 9.69. The Hall–Kier alpha value is -3.76. The van der Waals surface area contributed by atoms with Crippen LogP contribution in [0.1, 0.15) is 58.8 Å². The molecule has 1 aliphatic heterocycles. The van der Waals surface area contributed by atoms with E-state index in [1.807, 2.05) is 24.8 Å². The summed E-state index contributed by atoms with van der Waals surface area (Å²) >= 11 is 12.4. The molecule has 2 atom stereocenters. The Morgan fingerprint density at radius 1 is 1.27 bits per heavy atom. The molecule has 2 N–H and O–H groups in total. The highest BCUT2D eigenvalue weighted by molar-refractivity contribution is 6.32. The summed E-state index contributed by atoms with van der Waals surface area (Å²) in [5.74, 6) is -1.71. The Balaban J connectivity index is 1.62. The fraction of sp³-hybridized carbons (Fsp3) is 0.240. The summed E-state index contributed by atoms with van der Waals surface area (Å²) in [4.78, 5) is 39.9. The number of carboxylic acid groups (broad SMARTS) is 1. The number of carboxylic acids is 1. The normalized spacial score (nSPS) is 15.6. The largest absolute Gasteiger partial charge is 0.476 e. The summed E-state index contributed by atoms with van der Waals surface area (Å²) in [6.45, 7) is 6.05. The standard InChI is InChI=1S/C25H21Cl2FN6O3/c1-11-6-14-9-33(13(3)20(14)29-8-11)23-19(27)24(35)34-10-15(28)7-16(22(34)32-23)12(2)30-17-4-5-18(26)31-21(17)25(36)37/h4-8,10,12-13,30H,9H2,1-3H3,(H,36,37)/t12-,13-/m1/s1. The SMILES string of the molecule is Cc1cnc2c(c1)CN(c1nc3c([C@@H](C)Nc4ccc(Cl)nc4C(=O)O)cc(F)cn3c(=O)c1Cl)[C@@H]2C. The lowest BCUT2D eigenvalue weighted by molar-refractivity contribution is 0.0691. The first-order valence-corrected chi connectivity index (χ1v) is 12.1. The molecule has 0 aromatic carbocycles. The Bertz CT molecular complexity index is 1640. The highest BCUT2D eigenvalue weighted by Crippen LogP contribution is 2.38. The number of aromatic nitrogens is 4. The molecule has 0 radical (unpaired) electrons. The number of aromatic carboxylic acids is 1. The zero-order valence-electron chi connectivity index (χ0n) is 20.0. The van der Waals surface area contributed by atoms with Gasteiger partial charge in [0.1, 0.15) is 21.6 Å². The monoisotopic (exact) mass is 542 g/mol. The van der Waals surface area contributed by atoms with Gasteiger partial charge in [-0.15, -0.1) is 0 Å². The van der Waals surface area contributed by atoms with E-state index >= 15 is 0 Å². The first-order valence-electron chi connectivity index (χ1n) is 11.3. The molecule has 5 heterocycles. The summed E-state index contributed by atoms with van der Waals surface area (Å²) in [7, 11) is 0. The van der Waals surface area contributed by atoms with Crippen LogP contribution in [0.3, 0.4) is 0 Å². The average molecular weight is 543 g/mol.